The number of halogens is 2. The second kappa shape index (κ2) is 9.12. The lowest BCUT2D eigenvalue weighted by Gasteiger charge is -2.13. The van der Waals surface area contributed by atoms with Crippen molar-refractivity contribution in [3.05, 3.63) is 57.6 Å². The number of benzene rings is 2. The lowest BCUT2D eigenvalue weighted by atomic mass is 10.1. The van der Waals surface area contributed by atoms with Gasteiger partial charge in [0.15, 0.2) is 11.5 Å². The average Bonchev–Trinajstić information content (AvgIpc) is 3.09. The van der Waals surface area contributed by atoms with E-state index in [1.165, 1.54) is 18.2 Å². The van der Waals surface area contributed by atoms with Crippen molar-refractivity contribution in [1.29, 1.82) is 0 Å². The molecule has 140 valence electrons. The second-order valence-electron chi connectivity index (χ2n) is 5.81. The molecule has 0 aromatic heterocycles. The van der Waals surface area contributed by atoms with Gasteiger partial charge in [-0.15, -0.1) is 12.4 Å². The Balaban J connectivity index is 0.00000243. The highest BCUT2D eigenvalue weighted by Gasteiger charge is 2.16. The number of methoxy groups -OCH3 is 1. The lowest BCUT2D eigenvalue weighted by Crippen LogP contribution is -2.23. The van der Waals surface area contributed by atoms with Gasteiger partial charge in [0, 0.05) is 25.2 Å². The molecule has 1 amide bonds. The number of carbonyl (C=O) groups is 1. The largest absolute Gasteiger partial charge is 0.493 e. The van der Waals surface area contributed by atoms with Crippen molar-refractivity contribution in [2.75, 3.05) is 13.7 Å². The molecule has 2 aromatic carbocycles. The first-order valence-corrected chi connectivity index (χ1v) is 8.60. The van der Waals surface area contributed by atoms with Crippen molar-refractivity contribution >= 4 is 29.9 Å². The molecule has 2 N–H and O–H groups in total. The molecule has 0 saturated carbocycles. The highest BCUT2D eigenvalue weighted by molar-refractivity contribution is 6.32. The molecule has 0 unspecified atom stereocenters. The van der Waals surface area contributed by atoms with E-state index in [0.717, 1.165) is 18.7 Å². The molecule has 2 aromatic rings. The molecule has 1 aliphatic heterocycles. The summed E-state index contributed by atoms with van der Waals surface area (Å²) in [5, 5.41) is 6.59. The van der Waals surface area contributed by atoms with E-state index < -0.39 is 0 Å². The molecule has 0 fully saturated rings. The number of nitrogens with one attached hydrogen (secondary N) is 2. The summed E-state index contributed by atoms with van der Waals surface area (Å²) in [6.07, 6.45) is 0. The molecular formula is C19H22Cl2N2O3. The van der Waals surface area contributed by atoms with E-state index in [1.54, 1.807) is 12.1 Å². The minimum Gasteiger partial charge on any atom is -0.493 e. The fourth-order valence-corrected chi connectivity index (χ4v) is 3.14. The Labute approximate surface area is 164 Å². The smallest absolute Gasteiger partial charge is 0.251 e. The highest BCUT2D eigenvalue weighted by atomic mass is 35.5. The zero-order valence-electron chi connectivity index (χ0n) is 14.7. The molecule has 0 spiro atoms. The van der Waals surface area contributed by atoms with E-state index in [1.807, 2.05) is 13.0 Å². The minimum atomic E-state index is -0.207. The van der Waals surface area contributed by atoms with Crippen LogP contribution in [-0.2, 0) is 19.6 Å². The summed E-state index contributed by atoms with van der Waals surface area (Å²) in [6, 6.07) is 9.50. The second-order valence-corrected chi connectivity index (χ2v) is 6.22. The van der Waals surface area contributed by atoms with Crippen LogP contribution in [0.3, 0.4) is 0 Å². The molecular weight excluding hydrogens is 375 g/mol. The van der Waals surface area contributed by atoms with E-state index >= 15 is 0 Å². The Kier molecular flexibility index (Phi) is 7.14. The Bertz CT molecular complexity index is 797. The van der Waals surface area contributed by atoms with Gasteiger partial charge in [0.05, 0.1) is 18.7 Å². The lowest BCUT2D eigenvalue weighted by molar-refractivity contribution is 0.0950. The van der Waals surface area contributed by atoms with Gasteiger partial charge in [-0.1, -0.05) is 29.8 Å². The van der Waals surface area contributed by atoms with Crippen LogP contribution in [0.15, 0.2) is 30.3 Å². The van der Waals surface area contributed by atoms with Crippen LogP contribution in [-0.4, -0.2) is 19.6 Å². The third-order valence-corrected chi connectivity index (χ3v) is 4.42. The molecule has 1 aliphatic rings. The highest BCUT2D eigenvalue weighted by Crippen LogP contribution is 2.36. The number of fused-ring (bicyclic) bond motifs is 1. The van der Waals surface area contributed by atoms with Gasteiger partial charge in [-0.25, -0.2) is 0 Å². The van der Waals surface area contributed by atoms with Crippen LogP contribution in [0.1, 0.15) is 34.0 Å². The first kappa shape index (κ1) is 20.4. The molecule has 0 radical (unpaired) electrons. The zero-order chi connectivity index (χ0) is 17.8. The Morgan fingerprint density at radius 2 is 2.00 bits per heavy atom. The number of hydrogen-bond acceptors (Lipinski definition) is 4. The maximum absolute atomic E-state index is 12.5. The van der Waals surface area contributed by atoms with Crippen molar-refractivity contribution in [3.8, 4) is 11.5 Å². The Morgan fingerprint density at radius 1 is 1.23 bits per heavy atom. The van der Waals surface area contributed by atoms with E-state index in [-0.39, 0.29) is 18.3 Å². The van der Waals surface area contributed by atoms with Crippen molar-refractivity contribution in [3.63, 3.8) is 0 Å². The van der Waals surface area contributed by atoms with Crippen LogP contribution in [0.4, 0.5) is 0 Å². The van der Waals surface area contributed by atoms with Crippen LogP contribution in [0.5, 0.6) is 11.5 Å². The fourth-order valence-electron chi connectivity index (χ4n) is 2.88. The number of amides is 1. The van der Waals surface area contributed by atoms with Gasteiger partial charge < -0.3 is 20.1 Å². The molecule has 0 aliphatic carbocycles. The molecule has 0 bridgehead atoms. The predicted octanol–water partition coefficient (Wildman–Crippen LogP) is 3.70. The van der Waals surface area contributed by atoms with Gasteiger partial charge in [0.1, 0.15) is 0 Å². The summed E-state index contributed by atoms with van der Waals surface area (Å²) in [6.45, 7) is 4.58. The molecule has 1 heterocycles. The summed E-state index contributed by atoms with van der Waals surface area (Å²) in [5.74, 6) is 0.694. The monoisotopic (exact) mass is 396 g/mol. The fraction of sp³-hybridized carbons (Fsp3) is 0.316. The van der Waals surface area contributed by atoms with Gasteiger partial charge in [0.25, 0.3) is 5.91 Å². The predicted molar refractivity (Wildman–Crippen MR) is 105 cm³/mol. The summed E-state index contributed by atoms with van der Waals surface area (Å²) >= 11 is 6.23. The number of hydrogen-bond donors (Lipinski definition) is 2. The van der Waals surface area contributed by atoms with Crippen LogP contribution >= 0.6 is 24.0 Å². The van der Waals surface area contributed by atoms with Gasteiger partial charge in [0.2, 0.25) is 0 Å². The maximum atomic E-state index is 12.5. The topological polar surface area (TPSA) is 59.6 Å². The van der Waals surface area contributed by atoms with Gasteiger partial charge >= 0.3 is 0 Å². The van der Waals surface area contributed by atoms with Gasteiger partial charge in [-0.3, -0.25) is 4.79 Å². The molecule has 5 nitrogen and oxygen atoms in total. The maximum Gasteiger partial charge on any atom is 0.251 e. The molecule has 3 rings (SSSR count). The number of carbonyl (C=O) groups excluding carboxylic acids is 1. The molecule has 0 atom stereocenters. The molecule has 7 heteroatoms. The SMILES string of the molecule is CCOc1c(Cl)cc(C(=O)NCc2ccc3c(c2)CNC3)cc1OC.Cl. The summed E-state index contributed by atoms with van der Waals surface area (Å²) in [4.78, 5) is 12.5. The number of rotatable bonds is 6. The summed E-state index contributed by atoms with van der Waals surface area (Å²) in [5.41, 5.74) is 4.11. The summed E-state index contributed by atoms with van der Waals surface area (Å²) < 4.78 is 10.8. The van der Waals surface area contributed by atoms with Gasteiger partial charge in [-0.2, -0.15) is 0 Å². The number of ether oxygens (including phenoxy) is 2. The van der Waals surface area contributed by atoms with Crippen LogP contribution < -0.4 is 20.1 Å². The normalized spacial score (nSPS) is 12.1. The molecule has 26 heavy (non-hydrogen) atoms. The third-order valence-electron chi connectivity index (χ3n) is 4.13. The standard InChI is InChI=1S/C19H21ClN2O3.ClH/c1-3-25-18-16(20)7-14(8-17(18)24-2)19(23)22-9-12-4-5-13-10-21-11-15(13)6-12;/h4-8,21H,3,9-11H2,1-2H3,(H,22,23);1H. The van der Waals surface area contributed by atoms with Crippen molar-refractivity contribution < 1.29 is 14.3 Å². The molecule has 0 saturated heterocycles. The Hall–Kier alpha value is -1.95. The zero-order valence-corrected chi connectivity index (χ0v) is 16.3. The van der Waals surface area contributed by atoms with Crippen LogP contribution in [0, 0.1) is 0 Å². The van der Waals surface area contributed by atoms with E-state index in [4.69, 9.17) is 21.1 Å². The van der Waals surface area contributed by atoms with Crippen LogP contribution in [0.25, 0.3) is 0 Å². The minimum absolute atomic E-state index is 0. The first-order chi connectivity index (χ1) is 12.1. The first-order valence-electron chi connectivity index (χ1n) is 8.22. The van der Waals surface area contributed by atoms with E-state index in [9.17, 15) is 4.79 Å². The average molecular weight is 397 g/mol. The van der Waals surface area contributed by atoms with E-state index in [2.05, 4.69) is 22.8 Å². The van der Waals surface area contributed by atoms with Crippen molar-refractivity contribution in [2.45, 2.75) is 26.6 Å². The third kappa shape index (κ3) is 4.41. The van der Waals surface area contributed by atoms with E-state index in [0.29, 0.717) is 35.2 Å². The van der Waals surface area contributed by atoms with Crippen molar-refractivity contribution in [1.82, 2.24) is 10.6 Å². The summed E-state index contributed by atoms with van der Waals surface area (Å²) in [7, 11) is 1.52. The van der Waals surface area contributed by atoms with Gasteiger partial charge in [-0.05, 0) is 35.7 Å². The Morgan fingerprint density at radius 3 is 2.73 bits per heavy atom. The van der Waals surface area contributed by atoms with Crippen LogP contribution in [0.2, 0.25) is 5.02 Å². The van der Waals surface area contributed by atoms with Crippen molar-refractivity contribution in [2.24, 2.45) is 0 Å². The quantitative estimate of drug-likeness (QED) is 0.781.